The molecule has 2 fully saturated rings. The van der Waals surface area contributed by atoms with Crippen LogP contribution in [0.2, 0.25) is 0 Å². The van der Waals surface area contributed by atoms with E-state index in [1.54, 1.807) is 34.5 Å². The van der Waals surface area contributed by atoms with E-state index in [-0.39, 0.29) is 39.7 Å². The van der Waals surface area contributed by atoms with Crippen molar-refractivity contribution in [1.29, 1.82) is 0 Å². The fourth-order valence-corrected chi connectivity index (χ4v) is 3.93. The van der Waals surface area contributed by atoms with Crippen LogP contribution in [0.1, 0.15) is 39.5 Å². The molecule has 4 unspecified atom stereocenters. The second kappa shape index (κ2) is 16.3. The van der Waals surface area contributed by atoms with E-state index in [0.29, 0.717) is 0 Å². The summed E-state index contributed by atoms with van der Waals surface area (Å²) in [5.74, 6) is 3.35. The van der Waals surface area contributed by atoms with Crippen molar-refractivity contribution in [3.8, 4) is 0 Å². The summed E-state index contributed by atoms with van der Waals surface area (Å²) in [5.41, 5.74) is 3.16. The van der Waals surface area contributed by atoms with E-state index in [1.165, 1.54) is 25.7 Å². The second-order valence-corrected chi connectivity index (χ2v) is 6.81. The molecule has 0 N–H and O–H groups in total. The van der Waals surface area contributed by atoms with Crippen molar-refractivity contribution >= 4 is 31.7 Å². The first-order chi connectivity index (χ1) is 10.7. The Morgan fingerprint density at radius 1 is 0.808 bits per heavy atom. The first-order valence-corrected chi connectivity index (χ1v) is 14.4. The summed E-state index contributed by atoms with van der Waals surface area (Å²) in [5, 5.41) is 0. The maximum absolute atomic E-state index is 2.41. The molecular formula is C22H36Cl2SiZr-4. The molecule has 4 rings (SSSR count). The van der Waals surface area contributed by atoms with E-state index in [9.17, 15) is 0 Å². The molecule has 0 radical (unpaired) electrons. The molecule has 4 atom stereocenters. The van der Waals surface area contributed by atoms with Gasteiger partial charge in [-0.1, -0.05) is 38.5 Å². The topological polar surface area (TPSA) is 0 Å². The van der Waals surface area contributed by atoms with Gasteiger partial charge in [0.1, 0.15) is 0 Å². The van der Waals surface area contributed by atoms with Crippen LogP contribution in [0.25, 0.3) is 0 Å². The minimum atomic E-state index is 0. The van der Waals surface area contributed by atoms with Gasteiger partial charge in [0.15, 0.2) is 0 Å². The molecule has 0 nitrogen and oxygen atoms in total. The molecule has 4 aliphatic carbocycles. The van der Waals surface area contributed by atoms with Crippen molar-refractivity contribution in [1.82, 2.24) is 0 Å². The molecule has 0 bridgehead atoms. The fourth-order valence-electron chi connectivity index (χ4n) is 3.93. The third-order valence-electron chi connectivity index (χ3n) is 4.90. The Morgan fingerprint density at radius 2 is 1.15 bits per heavy atom. The molecule has 26 heavy (non-hydrogen) atoms. The van der Waals surface area contributed by atoms with Crippen LogP contribution in [0.3, 0.4) is 0 Å². The van der Waals surface area contributed by atoms with Gasteiger partial charge < -0.3 is 14.9 Å². The van der Waals surface area contributed by atoms with E-state index in [1.807, 2.05) is 6.88 Å². The molecule has 4 aliphatic rings. The molecule has 150 valence electrons. The maximum atomic E-state index is 2.41. The second-order valence-electron chi connectivity index (χ2n) is 6.81. The number of halogens is 2. The van der Waals surface area contributed by atoms with Crippen LogP contribution in [0.5, 0.6) is 0 Å². The van der Waals surface area contributed by atoms with Crippen LogP contribution in [-0.2, 0) is 23.3 Å². The van der Waals surface area contributed by atoms with Crippen molar-refractivity contribution in [2.24, 2.45) is 23.7 Å². The molecule has 0 saturated heterocycles. The third-order valence-corrected chi connectivity index (χ3v) is 4.90. The third kappa shape index (κ3) is 9.05. The quantitative estimate of drug-likeness (QED) is 0.276. The monoisotopic (exact) mass is 488 g/mol. The SMILES string of the molecule is CC1[CH-]C2=CC=CCC2C1.CC1[CH-]C2=CC=CCC2C1.Cl.Cl.[CH3-].[CH3-].[SiH2]=[Zr]. The zero-order valence-electron chi connectivity index (χ0n) is 16.8. The van der Waals surface area contributed by atoms with Gasteiger partial charge >= 0.3 is 30.2 Å². The molecule has 0 aliphatic heterocycles. The zero-order chi connectivity index (χ0) is 15.9. The molecule has 0 amide bonds. The average molecular weight is 491 g/mol. The zero-order valence-corrected chi connectivity index (χ0v) is 22.3. The molecule has 0 aromatic carbocycles. The molecular weight excluding hydrogens is 454 g/mol. The molecule has 4 heteroatoms. The summed E-state index contributed by atoms with van der Waals surface area (Å²) in [6, 6.07) is 0. The van der Waals surface area contributed by atoms with E-state index in [4.69, 9.17) is 0 Å². The molecule has 2 saturated carbocycles. The van der Waals surface area contributed by atoms with E-state index < -0.39 is 0 Å². The van der Waals surface area contributed by atoms with Crippen LogP contribution >= 0.6 is 24.8 Å². The Kier molecular flexibility index (Phi) is 19.5. The number of hydrogen-bond acceptors (Lipinski definition) is 0. The van der Waals surface area contributed by atoms with Crippen molar-refractivity contribution in [2.45, 2.75) is 39.5 Å². The summed E-state index contributed by atoms with van der Waals surface area (Å²) < 4.78 is 0. The standard InChI is InChI=1S/2C10H13.2CH3.2ClH.H2Si.Zr/c2*1-8-6-9-4-2-3-5-10(9)7-8;;;;;;/h2*2-4,6,8,10H,5,7H2,1H3;2*1H3;2*1H;1H2;/q4*-1;;;;. The Balaban J connectivity index is -0.000000326. The Morgan fingerprint density at radius 3 is 1.46 bits per heavy atom. The summed E-state index contributed by atoms with van der Waals surface area (Å²) >= 11 is 1.58. The van der Waals surface area contributed by atoms with Crippen LogP contribution in [0.15, 0.2) is 47.6 Å². The van der Waals surface area contributed by atoms with Crippen LogP contribution in [0, 0.1) is 51.4 Å². The van der Waals surface area contributed by atoms with Gasteiger partial charge in [-0.05, 0) is 24.7 Å². The van der Waals surface area contributed by atoms with E-state index in [2.05, 4.69) is 63.1 Å². The van der Waals surface area contributed by atoms with Gasteiger partial charge in [0, 0.05) is 0 Å². The van der Waals surface area contributed by atoms with Gasteiger partial charge in [0.25, 0.3) is 0 Å². The predicted octanol–water partition coefficient (Wildman–Crippen LogP) is 6.29. The minimum absolute atomic E-state index is 0. The molecule has 0 aromatic rings. The van der Waals surface area contributed by atoms with Crippen LogP contribution in [0.4, 0.5) is 0 Å². The van der Waals surface area contributed by atoms with Crippen molar-refractivity contribution < 1.29 is 23.3 Å². The van der Waals surface area contributed by atoms with Gasteiger partial charge in [-0.3, -0.25) is 0 Å². The fraction of sp³-hybridized carbons (Fsp3) is 0.455. The van der Waals surface area contributed by atoms with Crippen molar-refractivity contribution in [2.75, 3.05) is 0 Å². The Hall–Kier alpha value is 0.380. The van der Waals surface area contributed by atoms with Crippen LogP contribution < -0.4 is 0 Å². The molecule has 0 heterocycles. The Bertz CT molecular complexity index is 452. The van der Waals surface area contributed by atoms with Gasteiger partial charge in [0.2, 0.25) is 0 Å². The van der Waals surface area contributed by atoms with E-state index in [0.717, 1.165) is 23.7 Å². The van der Waals surface area contributed by atoms with E-state index >= 15 is 0 Å². The average Bonchev–Trinajstić information content (AvgIpc) is 3.10. The summed E-state index contributed by atoms with van der Waals surface area (Å²) in [4.78, 5) is 0. The van der Waals surface area contributed by atoms with Crippen molar-refractivity contribution in [3.63, 3.8) is 0 Å². The first kappa shape index (κ1) is 31.1. The predicted molar refractivity (Wildman–Crippen MR) is 123 cm³/mol. The summed E-state index contributed by atoms with van der Waals surface area (Å²) in [7, 11) is 0. The van der Waals surface area contributed by atoms with Gasteiger partial charge in [-0.15, -0.1) is 49.1 Å². The van der Waals surface area contributed by atoms with Crippen LogP contribution in [-0.4, -0.2) is 6.88 Å². The molecule has 0 aromatic heterocycles. The number of fused-ring (bicyclic) bond motifs is 2. The number of rotatable bonds is 0. The summed E-state index contributed by atoms with van der Waals surface area (Å²) in [6.45, 7) is 6.56. The summed E-state index contributed by atoms with van der Waals surface area (Å²) in [6.07, 6.45) is 23.5. The molecule has 0 spiro atoms. The van der Waals surface area contributed by atoms with Gasteiger partial charge in [-0.25, -0.2) is 36.1 Å². The number of allylic oxidation sites excluding steroid dienone is 8. The normalized spacial score (nSPS) is 28.3. The van der Waals surface area contributed by atoms with Gasteiger partial charge in [0.05, 0.1) is 0 Å². The number of hydrogen-bond donors (Lipinski definition) is 0. The first-order valence-electron chi connectivity index (χ1n) is 8.51. The van der Waals surface area contributed by atoms with Gasteiger partial charge in [-0.2, -0.15) is 0 Å². The Labute approximate surface area is 192 Å². The van der Waals surface area contributed by atoms with Crippen molar-refractivity contribution in [3.05, 3.63) is 75.3 Å².